The highest BCUT2D eigenvalue weighted by Gasteiger charge is 2.27. The molecule has 10 aromatic carbocycles. The van der Waals surface area contributed by atoms with Gasteiger partial charge in [-0.2, -0.15) is 0 Å². The number of benzene rings is 10. The van der Waals surface area contributed by atoms with Gasteiger partial charge >= 0.3 is 0 Å². The van der Waals surface area contributed by atoms with Gasteiger partial charge in [0.05, 0.1) is 0 Å². The third-order valence-corrected chi connectivity index (χ3v) is 12.8. The van der Waals surface area contributed by atoms with Crippen molar-refractivity contribution in [3.63, 3.8) is 0 Å². The zero-order chi connectivity index (χ0) is 45.4. The first kappa shape index (κ1) is 41.5. The fourth-order valence-electron chi connectivity index (χ4n) is 9.54. The van der Waals surface area contributed by atoms with Crippen LogP contribution in [0.15, 0.2) is 180 Å². The van der Waals surface area contributed by atoms with Crippen LogP contribution in [0.4, 0.5) is 17.1 Å². The number of hydrogen-bond donors (Lipinski definition) is 0. The molecule has 10 heteroatoms. The molecule has 0 fully saturated rings. The molecule has 288 valence electrons. The van der Waals surface area contributed by atoms with Crippen molar-refractivity contribution in [2.45, 2.75) is 0 Å². The summed E-state index contributed by atoms with van der Waals surface area (Å²) in [7, 11) is 57.2. The summed E-state index contributed by atoms with van der Waals surface area (Å²) in [5, 5.41) is 6.13. The highest BCUT2D eigenvalue weighted by atomic mass is 16.3. The standard InChI is InChI=1S/C56H29B8NO/c57-46-43(36-18-8-16-34(27-36)30-11-2-1-3-12-30)47(58)51(62)54(50(46)61)65(55-52(63)48(59)44(49(60)53(55)64)37-24-23-31-13-4-5-15-33(31)28-37)38-19-9-17-35(29-38)39-21-10-22-42-45(39)41-26-25-32-14-6-7-20-40(32)56(41)66-42/h1-29H. The highest BCUT2D eigenvalue weighted by Crippen LogP contribution is 2.41. The van der Waals surface area contributed by atoms with Crippen molar-refractivity contribution in [3.8, 4) is 44.5 Å². The Hall–Kier alpha value is -7.16. The molecule has 0 aliphatic rings. The Morgan fingerprint density at radius 3 is 1.56 bits per heavy atom. The molecule has 11 rings (SSSR count). The average molecular weight is 818 g/mol. The van der Waals surface area contributed by atoms with E-state index >= 15 is 0 Å². The molecule has 0 aliphatic carbocycles. The van der Waals surface area contributed by atoms with Crippen LogP contribution in [0.1, 0.15) is 0 Å². The first-order valence-corrected chi connectivity index (χ1v) is 21.5. The van der Waals surface area contributed by atoms with Crippen molar-refractivity contribution in [1.82, 2.24) is 0 Å². The molecule has 0 amide bonds. The van der Waals surface area contributed by atoms with Crippen molar-refractivity contribution >= 4 is 167 Å². The predicted octanol–water partition coefficient (Wildman–Crippen LogP) is 6.38. The maximum atomic E-state index is 7.22. The number of nitrogens with zero attached hydrogens (tertiary/aromatic N) is 1. The molecule has 0 atom stereocenters. The summed E-state index contributed by atoms with van der Waals surface area (Å²) in [6, 6.07) is 58.3. The van der Waals surface area contributed by atoms with Crippen LogP contribution in [0, 0.1) is 0 Å². The van der Waals surface area contributed by atoms with Crippen LogP contribution < -0.4 is 48.6 Å². The number of rotatable bonds is 7. The van der Waals surface area contributed by atoms with E-state index in [1.807, 2.05) is 146 Å². The van der Waals surface area contributed by atoms with E-state index < -0.39 is 0 Å². The van der Waals surface area contributed by atoms with Gasteiger partial charge in [-0.15, -0.1) is 0 Å². The van der Waals surface area contributed by atoms with Crippen LogP contribution >= 0.6 is 0 Å². The molecule has 66 heavy (non-hydrogen) atoms. The molecule has 0 N–H and O–H groups in total. The molecule has 0 aliphatic heterocycles. The minimum absolute atomic E-state index is 0.150. The van der Waals surface area contributed by atoms with Crippen molar-refractivity contribution < 1.29 is 4.42 Å². The SMILES string of the molecule is [B]c1c([B])c(N(c2cccc(-c3cccc4oc5c6ccccc6ccc5c34)c2)c2c([B])c([B])c(-c3ccc4ccccc4c3)c([B])c2[B])c([B])c([B])c1-c1cccc(-c2ccccc2)c1. The van der Waals surface area contributed by atoms with Gasteiger partial charge in [0.25, 0.3) is 0 Å². The van der Waals surface area contributed by atoms with E-state index in [0.29, 0.717) is 16.8 Å². The second-order valence-corrected chi connectivity index (χ2v) is 16.6. The third-order valence-electron chi connectivity index (χ3n) is 12.8. The van der Waals surface area contributed by atoms with Crippen molar-refractivity contribution in [2.75, 3.05) is 4.90 Å². The zero-order valence-electron chi connectivity index (χ0n) is 35.7. The summed E-state index contributed by atoms with van der Waals surface area (Å²) in [5.74, 6) is 0. The molecule has 0 saturated heterocycles. The predicted molar refractivity (Wildman–Crippen MR) is 288 cm³/mol. The number of furan rings is 1. The van der Waals surface area contributed by atoms with Gasteiger partial charge in [-0.1, -0.05) is 183 Å². The number of anilines is 3. The lowest BCUT2D eigenvalue weighted by Crippen LogP contribution is -2.50. The van der Waals surface area contributed by atoms with Crippen LogP contribution in [0.5, 0.6) is 0 Å². The second kappa shape index (κ2) is 16.4. The maximum Gasteiger partial charge on any atom is 0.143 e. The van der Waals surface area contributed by atoms with E-state index in [1.165, 1.54) is 0 Å². The fourth-order valence-corrected chi connectivity index (χ4v) is 9.54. The molecule has 0 bridgehead atoms. The van der Waals surface area contributed by atoms with E-state index in [1.54, 1.807) is 4.90 Å². The lowest BCUT2D eigenvalue weighted by molar-refractivity contribution is 0.673. The van der Waals surface area contributed by atoms with Gasteiger partial charge in [-0.3, -0.25) is 0 Å². The van der Waals surface area contributed by atoms with Crippen LogP contribution in [-0.2, 0) is 0 Å². The second-order valence-electron chi connectivity index (χ2n) is 16.6. The molecule has 16 radical (unpaired) electrons. The first-order valence-electron chi connectivity index (χ1n) is 21.5. The fraction of sp³-hybridized carbons (Fsp3) is 0. The monoisotopic (exact) mass is 819 g/mol. The zero-order valence-corrected chi connectivity index (χ0v) is 35.7. The normalized spacial score (nSPS) is 11.5. The Morgan fingerprint density at radius 2 is 0.864 bits per heavy atom. The Balaban J connectivity index is 1.15. The Labute approximate surface area is 394 Å². The van der Waals surface area contributed by atoms with Crippen molar-refractivity contribution in [2.24, 2.45) is 0 Å². The molecule has 2 nitrogen and oxygen atoms in total. The molecular formula is C56H29B8NO. The van der Waals surface area contributed by atoms with Gasteiger partial charge in [0.15, 0.2) is 0 Å². The van der Waals surface area contributed by atoms with Gasteiger partial charge in [0.1, 0.15) is 73.9 Å². The summed E-state index contributed by atoms with van der Waals surface area (Å²) >= 11 is 0. The minimum atomic E-state index is 0.150. The van der Waals surface area contributed by atoms with Gasteiger partial charge < -0.3 is 9.32 Å². The quantitative estimate of drug-likeness (QED) is 0.174. The molecule has 0 unspecified atom stereocenters. The van der Waals surface area contributed by atoms with E-state index in [-0.39, 0.29) is 55.1 Å². The molecule has 1 aromatic heterocycles. The Morgan fingerprint density at radius 1 is 0.333 bits per heavy atom. The molecular weight excluding hydrogens is 789 g/mol. The van der Waals surface area contributed by atoms with E-state index in [4.69, 9.17) is 67.2 Å². The van der Waals surface area contributed by atoms with Gasteiger partial charge in [-0.25, -0.2) is 0 Å². The molecule has 1 heterocycles. The topological polar surface area (TPSA) is 16.4 Å². The molecule has 0 spiro atoms. The molecule has 0 saturated carbocycles. The molecule has 11 aromatic rings. The number of fused-ring (bicyclic) bond motifs is 6. The van der Waals surface area contributed by atoms with Crippen LogP contribution in [0.3, 0.4) is 0 Å². The summed E-state index contributed by atoms with van der Waals surface area (Å²) < 4.78 is 6.58. The Bertz CT molecular complexity index is 3710. The lowest BCUT2D eigenvalue weighted by Gasteiger charge is -2.37. The van der Waals surface area contributed by atoms with Gasteiger partial charge in [-0.05, 0) is 97.1 Å². The van der Waals surface area contributed by atoms with E-state index in [0.717, 1.165) is 76.9 Å². The van der Waals surface area contributed by atoms with E-state index in [2.05, 4.69) is 30.3 Å². The van der Waals surface area contributed by atoms with Crippen molar-refractivity contribution in [3.05, 3.63) is 176 Å². The number of hydrogen-bond acceptors (Lipinski definition) is 2. The van der Waals surface area contributed by atoms with Gasteiger partial charge in [0.2, 0.25) is 0 Å². The van der Waals surface area contributed by atoms with Crippen LogP contribution in [-0.4, -0.2) is 62.8 Å². The van der Waals surface area contributed by atoms with Crippen LogP contribution in [0.2, 0.25) is 0 Å². The first-order chi connectivity index (χ1) is 32.1. The van der Waals surface area contributed by atoms with Crippen LogP contribution in [0.25, 0.3) is 88.0 Å². The summed E-state index contributed by atoms with van der Waals surface area (Å²) in [4.78, 5) is 1.77. The third kappa shape index (κ3) is 6.68. The average Bonchev–Trinajstić information content (AvgIpc) is 3.75. The summed E-state index contributed by atoms with van der Waals surface area (Å²) in [6.45, 7) is 0. The Kier molecular flexibility index (Phi) is 10.3. The van der Waals surface area contributed by atoms with E-state index in [9.17, 15) is 0 Å². The lowest BCUT2D eigenvalue weighted by atomic mass is 9.63. The van der Waals surface area contributed by atoms with Crippen molar-refractivity contribution in [1.29, 1.82) is 0 Å². The smallest absolute Gasteiger partial charge is 0.143 e. The highest BCUT2D eigenvalue weighted by molar-refractivity contribution is 6.65. The minimum Gasteiger partial charge on any atom is -0.455 e. The van der Waals surface area contributed by atoms with Gasteiger partial charge in [0, 0.05) is 33.2 Å². The summed E-state index contributed by atoms with van der Waals surface area (Å²) in [5.41, 5.74) is 10.5. The largest absolute Gasteiger partial charge is 0.455 e. The summed E-state index contributed by atoms with van der Waals surface area (Å²) in [6.07, 6.45) is 0. The maximum absolute atomic E-state index is 7.22.